The number of benzene rings is 1. The number of hydrogen-bond acceptors (Lipinski definition) is 7. The minimum absolute atomic E-state index is 0.482. The van der Waals surface area contributed by atoms with Gasteiger partial charge in [-0.05, 0) is 0 Å². The van der Waals surface area contributed by atoms with Gasteiger partial charge in [-0.2, -0.15) is 0 Å². The van der Waals surface area contributed by atoms with Crippen LogP contribution in [0.2, 0.25) is 0 Å². The fourth-order valence-corrected chi connectivity index (χ4v) is 1.28. The zero-order valence-electron chi connectivity index (χ0n) is 8.96. The number of esters is 1. The molecule has 0 radical (unpaired) electrons. The Morgan fingerprint density at radius 2 is 2.00 bits per heavy atom. The highest BCUT2D eigenvalue weighted by atomic mass is 16.6. The van der Waals surface area contributed by atoms with Crippen molar-refractivity contribution in [2.75, 3.05) is 14.2 Å². The van der Waals surface area contributed by atoms with Gasteiger partial charge in [-0.3, -0.25) is 10.1 Å². The summed E-state index contributed by atoms with van der Waals surface area (Å²) in [5, 5.41) is 29.7. The molecule has 0 fully saturated rings. The maximum Gasteiger partial charge on any atom is 0.345 e. The van der Waals surface area contributed by atoms with E-state index in [1.165, 1.54) is 0 Å². The number of methoxy groups -OCH3 is 2. The second-order valence-corrected chi connectivity index (χ2v) is 2.92. The van der Waals surface area contributed by atoms with Gasteiger partial charge in [-0.1, -0.05) is 0 Å². The Labute approximate surface area is 95.2 Å². The molecule has 0 atom stereocenters. The molecule has 0 aliphatic heterocycles. The quantitative estimate of drug-likeness (QED) is 0.457. The lowest BCUT2D eigenvalue weighted by atomic mass is 10.1. The van der Waals surface area contributed by atoms with E-state index in [-0.39, 0.29) is 0 Å². The van der Waals surface area contributed by atoms with E-state index in [0.29, 0.717) is 0 Å². The van der Waals surface area contributed by atoms with Gasteiger partial charge < -0.3 is 19.7 Å². The molecule has 0 spiro atoms. The number of rotatable bonds is 3. The molecular formula is C9H9NO7. The largest absolute Gasteiger partial charge is 0.504 e. The van der Waals surface area contributed by atoms with Gasteiger partial charge in [0.2, 0.25) is 11.5 Å². The fraction of sp³-hybridized carbons (Fsp3) is 0.222. The number of phenolic OH excluding ortho intramolecular Hbond substituents is 2. The Balaban J connectivity index is 3.61. The van der Waals surface area contributed by atoms with Crippen molar-refractivity contribution < 1.29 is 29.4 Å². The van der Waals surface area contributed by atoms with Gasteiger partial charge >= 0.3 is 11.7 Å². The number of nitro benzene ring substituents is 1. The third kappa shape index (κ3) is 2.05. The van der Waals surface area contributed by atoms with Crippen LogP contribution >= 0.6 is 0 Å². The zero-order chi connectivity index (χ0) is 13.2. The smallest absolute Gasteiger partial charge is 0.345 e. The molecule has 0 heterocycles. The van der Waals surface area contributed by atoms with Crippen molar-refractivity contribution in [1.82, 2.24) is 0 Å². The van der Waals surface area contributed by atoms with E-state index in [1.54, 1.807) is 0 Å². The molecule has 92 valence electrons. The second kappa shape index (κ2) is 4.56. The molecule has 0 unspecified atom stereocenters. The number of ether oxygens (including phenoxy) is 2. The normalized spacial score (nSPS) is 9.76. The summed E-state index contributed by atoms with van der Waals surface area (Å²) in [7, 11) is 2.13. The Kier molecular flexibility index (Phi) is 3.37. The molecule has 0 bridgehead atoms. The molecule has 1 aromatic rings. The predicted octanol–water partition coefficient (Wildman–Crippen LogP) is 0.801. The number of nitro groups is 1. The predicted molar refractivity (Wildman–Crippen MR) is 54.3 cm³/mol. The average Bonchev–Trinajstić information content (AvgIpc) is 2.27. The van der Waals surface area contributed by atoms with E-state index in [2.05, 4.69) is 9.47 Å². The summed E-state index contributed by atoms with van der Waals surface area (Å²) in [5.74, 6) is -3.07. The van der Waals surface area contributed by atoms with Crippen molar-refractivity contribution in [3.05, 3.63) is 21.7 Å². The summed E-state index contributed by atoms with van der Waals surface area (Å²) >= 11 is 0. The van der Waals surface area contributed by atoms with Gasteiger partial charge in [0, 0.05) is 6.07 Å². The van der Waals surface area contributed by atoms with Crippen LogP contribution in [0.4, 0.5) is 5.69 Å². The maximum atomic E-state index is 11.3. The summed E-state index contributed by atoms with van der Waals surface area (Å²) in [6.07, 6.45) is 0. The molecule has 17 heavy (non-hydrogen) atoms. The summed E-state index contributed by atoms with van der Waals surface area (Å²) < 4.78 is 8.88. The molecule has 2 N–H and O–H groups in total. The van der Waals surface area contributed by atoms with E-state index in [0.717, 1.165) is 20.3 Å². The van der Waals surface area contributed by atoms with Crippen molar-refractivity contribution in [1.29, 1.82) is 0 Å². The van der Waals surface area contributed by atoms with E-state index >= 15 is 0 Å². The minimum atomic E-state index is -1.05. The van der Waals surface area contributed by atoms with Crippen molar-refractivity contribution in [2.24, 2.45) is 0 Å². The number of aromatic hydroxyl groups is 2. The van der Waals surface area contributed by atoms with Crippen molar-refractivity contribution >= 4 is 11.7 Å². The topological polar surface area (TPSA) is 119 Å². The molecule has 0 aromatic heterocycles. The Morgan fingerprint density at radius 1 is 1.41 bits per heavy atom. The molecule has 0 aliphatic carbocycles. The number of phenols is 2. The first-order chi connectivity index (χ1) is 7.93. The Morgan fingerprint density at radius 3 is 2.41 bits per heavy atom. The molecule has 8 nitrogen and oxygen atoms in total. The first-order valence-electron chi connectivity index (χ1n) is 4.29. The van der Waals surface area contributed by atoms with Gasteiger partial charge in [0.25, 0.3) is 0 Å². The Hall–Kier alpha value is -2.51. The lowest BCUT2D eigenvalue weighted by Gasteiger charge is -2.08. The SMILES string of the molecule is COC(=O)c1cc(O)c(OC)c(O)c1[N+](=O)[O-]. The fourth-order valence-electron chi connectivity index (χ4n) is 1.28. The molecule has 0 saturated heterocycles. The van der Waals surface area contributed by atoms with Crippen LogP contribution in [0, 0.1) is 10.1 Å². The van der Waals surface area contributed by atoms with Crippen LogP contribution in [0.5, 0.6) is 17.2 Å². The highest BCUT2D eigenvalue weighted by Gasteiger charge is 2.31. The summed E-state index contributed by atoms with van der Waals surface area (Å²) in [4.78, 5) is 21.0. The second-order valence-electron chi connectivity index (χ2n) is 2.92. The van der Waals surface area contributed by atoms with Crippen LogP contribution < -0.4 is 4.74 Å². The first kappa shape index (κ1) is 12.6. The highest BCUT2D eigenvalue weighted by Crippen LogP contribution is 2.44. The average molecular weight is 243 g/mol. The standard InChI is InChI=1S/C9H9NO7/c1-16-8-5(11)3-4(9(13)17-2)6(7(8)12)10(14)15/h3,11-12H,1-2H3. The minimum Gasteiger partial charge on any atom is -0.504 e. The Bertz CT molecular complexity index is 483. The van der Waals surface area contributed by atoms with Crippen LogP contribution in [0.25, 0.3) is 0 Å². The van der Waals surface area contributed by atoms with Gasteiger partial charge in [-0.15, -0.1) is 0 Å². The van der Waals surface area contributed by atoms with Gasteiger partial charge in [0.15, 0.2) is 5.75 Å². The number of carbonyl (C=O) groups excluding carboxylic acids is 1. The third-order valence-electron chi connectivity index (χ3n) is 2.00. The van der Waals surface area contributed by atoms with E-state index in [9.17, 15) is 25.1 Å². The number of nitrogens with zero attached hydrogens (tertiary/aromatic N) is 1. The van der Waals surface area contributed by atoms with E-state index in [4.69, 9.17) is 0 Å². The first-order valence-corrected chi connectivity index (χ1v) is 4.29. The lowest BCUT2D eigenvalue weighted by molar-refractivity contribution is -0.386. The van der Waals surface area contributed by atoms with Crippen molar-refractivity contribution in [2.45, 2.75) is 0 Å². The zero-order valence-corrected chi connectivity index (χ0v) is 8.96. The molecule has 1 aromatic carbocycles. The molecule has 0 saturated carbocycles. The van der Waals surface area contributed by atoms with Crippen molar-refractivity contribution in [3.63, 3.8) is 0 Å². The highest BCUT2D eigenvalue weighted by molar-refractivity contribution is 5.96. The molecule has 0 amide bonds. The van der Waals surface area contributed by atoms with Crippen LogP contribution in [0.15, 0.2) is 6.07 Å². The monoisotopic (exact) mass is 243 g/mol. The van der Waals surface area contributed by atoms with Crippen LogP contribution in [0.3, 0.4) is 0 Å². The van der Waals surface area contributed by atoms with Gasteiger partial charge in [0.1, 0.15) is 5.56 Å². The molecule has 8 heteroatoms. The number of hydrogen-bond donors (Lipinski definition) is 2. The summed E-state index contributed by atoms with van der Waals surface area (Å²) in [6.45, 7) is 0. The maximum absolute atomic E-state index is 11.3. The molecule has 0 aliphatic rings. The van der Waals surface area contributed by atoms with E-state index in [1.807, 2.05) is 0 Å². The summed E-state index contributed by atoms with van der Waals surface area (Å²) in [5.41, 5.74) is -1.44. The van der Waals surface area contributed by atoms with Crippen LogP contribution in [-0.2, 0) is 4.74 Å². The molecular weight excluding hydrogens is 234 g/mol. The van der Waals surface area contributed by atoms with Crippen LogP contribution in [0.1, 0.15) is 10.4 Å². The van der Waals surface area contributed by atoms with Gasteiger partial charge in [0.05, 0.1) is 19.1 Å². The lowest BCUT2D eigenvalue weighted by Crippen LogP contribution is -2.06. The van der Waals surface area contributed by atoms with E-state index < -0.39 is 39.4 Å². The number of carbonyl (C=O) groups is 1. The van der Waals surface area contributed by atoms with Gasteiger partial charge in [-0.25, -0.2) is 4.79 Å². The molecule has 1 rings (SSSR count). The third-order valence-corrected chi connectivity index (χ3v) is 2.00. The van der Waals surface area contributed by atoms with Crippen molar-refractivity contribution in [3.8, 4) is 17.2 Å². The van der Waals surface area contributed by atoms with Crippen LogP contribution in [-0.4, -0.2) is 35.3 Å². The summed E-state index contributed by atoms with van der Waals surface area (Å²) in [6, 6.07) is 0.794.